The number of nitrogens with one attached hydrogen (secondary N) is 2. The Hall–Kier alpha value is -2.22. The molecule has 6 aliphatic rings. The Morgan fingerprint density at radius 1 is 0.898 bits per heavy atom. The molecule has 5 fully saturated rings. The minimum atomic E-state index is -1.16. The van der Waals surface area contributed by atoms with E-state index in [0.717, 1.165) is 82.9 Å². The molecule has 3 N–H and O–H groups in total. The Morgan fingerprint density at radius 2 is 1.57 bits per heavy atom. The number of carbonyl (C=O) groups is 4. The summed E-state index contributed by atoms with van der Waals surface area (Å²) in [5.74, 6) is 0.0514. The number of piperidine rings is 1. The number of Topliss-reactive ketones (excluding diaryl/α,β-unsaturated/α-hetero) is 1. The minimum absolute atomic E-state index is 0.0294. The van der Waals surface area contributed by atoms with Crippen LogP contribution in [0.25, 0.3) is 0 Å². The molecule has 0 aromatic carbocycles. The minimum Gasteiger partial charge on any atom is -0.481 e. The molecule has 0 aromatic heterocycles. The Morgan fingerprint density at radius 3 is 2.20 bits per heavy atom. The topological polar surface area (TPSA) is 122 Å². The molecule has 49 heavy (non-hydrogen) atoms. The molecule has 8 nitrogen and oxygen atoms in total. The zero-order chi connectivity index (χ0) is 35.9. The van der Waals surface area contributed by atoms with Crippen molar-refractivity contribution in [1.82, 2.24) is 10.6 Å². The van der Waals surface area contributed by atoms with Crippen LogP contribution in [0, 0.1) is 56.2 Å². The van der Waals surface area contributed by atoms with E-state index in [1.807, 2.05) is 0 Å². The molecular weight excluding hydrogens is 616 g/mol. The number of ether oxygens (including phenoxy) is 1. The highest BCUT2D eigenvalue weighted by atomic mass is 16.5. The molecule has 0 bridgehead atoms. The maximum atomic E-state index is 14.5. The first kappa shape index (κ1) is 36.6. The normalized spacial score (nSPS) is 40.6. The number of ketones is 1. The van der Waals surface area contributed by atoms with Crippen molar-refractivity contribution >= 4 is 23.6 Å². The number of carbonyl (C=O) groups excluding carboxylic acids is 3. The highest BCUT2D eigenvalue weighted by molar-refractivity contribution is 6.07. The number of fused-ring (bicyclic) bond motifs is 7. The van der Waals surface area contributed by atoms with Crippen LogP contribution in [0.15, 0.2) is 11.1 Å². The third-order valence-electron chi connectivity index (χ3n) is 15.9. The molecule has 5 aliphatic carbocycles. The highest BCUT2D eigenvalue weighted by Crippen LogP contribution is 2.76. The van der Waals surface area contributed by atoms with Crippen molar-refractivity contribution in [2.45, 2.75) is 152 Å². The van der Waals surface area contributed by atoms with Crippen LogP contribution in [0.4, 0.5) is 0 Å². The van der Waals surface area contributed by atoms with Gasteiger partial charge in [-0.2, -0.15) is 0 Å². The lowest BCUT2D eigenvalue weighted by Gasteiger charge is -2.72. The second kappa shape index (κ2) is 12.2. The van der Waals surface area contributed by atoms with E-state index in [2.05, 4.69) is 59.1 Å². The van der Waals surface area contributed by atoms with Crippen molar-refractivity contribution in [1.29, 1.82) is 0 Å². The second-order valence-electron chi connectivity index (χ2n) is 19.5. The molecule has 4 saturated carbocycles. The number of esters is 1. The van der Waals surface area contributed by atoms with Crippen LogP contribution in [0.2, 0.25) is 0 Å². The quantitative estimate of drug-likeness (QED) is 0.242. The molecule has 1 saturated heterocycles. The Labute approximate surface area is 294 Å². The first-order valence-electron chi connectivity index (χ1n) is 19.5. The van der Waals surface area contributed by atoms with E-state index in [4.69, 9.17) is 4.74 Å². The van der Waals surface area contributed by atoms with Crippen molar-refractivity contribution in [3.63, 3.8) is 0 Å². The van der Waals surface area contributed by atoms with Crippen molar-refractivity contribution in [3.05, 3.63) is 11.1 Å². The second-order valence-corrected chi connectivity index (χ2v) is 19.5. The summed E-state index contributed by atoms with van der Waals surface area (Å²) in [7, 11) is 0. The number of carboxylic acids is 1. The van der Waals surface area contributed by atoms with Gasteiger partial charge in [0.25, 0.3) is 0 Å². The average Bonchev–Trinajstić information content (AvgIpc) is 3.32. The van der Waals surface area contributed by atoms with Gasteiger partial charge in [-0.1, -0.05) is 48.5 Å². The maximum absolute atomic E-state index is 14.5. The zero-order valence-corrected chi connectivity index (χ0v) is 31.9. The van der Waals surface area contributed by atoms with Gasteiger partial charge in [0.2, 0.25) is 5.91 Å². The third-order valence-corrected chi connectivity index (χ3v) is 15.9. The summed E-state index contributed by atoms with van der Waals surface area (Å²) in [6.45, 7) is 21.4. The molecule has 1 amide bonds. The monoisotopic (exact) mass is 680 g/mol. The van der Waals surface area contributed by atoms with E-state index in [1.54, 1.807) is 13.8 Å². The van der Waals surface area contributed by atoms with E-state index >= 15 is 0 Å². The highest BCUT2D eigenvalue weighted by Gasteiger charge is 2.71. The van der Waals surface area contributed by atoms with Crippen LogP contribution in [-0.4, -0.2) is 54.0 Å². The molecule has 1 aliphatic heterocycles. The summed E-state index contributed by atoms with van der Waals surface area (Å²) >= 11 is 0. The number of hydrogen-bond donors (Lipinski definition) is 3. The third kappa shape index (κ3) is 5.46. The van der Waals surface area contributed by atoms with Gasteiger partial charge in [-0.15, -0.1) is 0 Å². The lowest BCUT2D eigenvalue weighted by Crippen LogP contribution is -2.66. The Kier molecular flexibility index (Phi) is 9.10. The van der Waals surface area contributed by atoms with Gasteiger partial charge < -0.3 is 20.5 Å². The fourth-order valence-electron chi connectivity index (χ4n) is 13.0. The van der Waals surface area contributed by atoms with Crippen molar-refractivity contribution < 1.29 is 29.0 Å². The molecule has 0 unspecified atom stereocenters. The van der Waals surface area contributed by atoms with Gasteiger partial charge in [0.1, 0.15) is 6.10 Å². The molecule has 0 radical (unpaired) electrons. The lowest BCUT2D eigenvalue weighted by molar-refractivity contribution is -0.233. The molecule has 274 valence electrons. The first-order valence-corrected chi connectivity index (χ1v) is 19.5. The number of hydrogen-bond acceptors (Lipinski definition) is 6. The average molecular weight is 681 g/mol. The predicted octanol–water partition coefficient (Wildman–Crippen LogP) is 7.25. The van der Waals surface area contributed by atoms with Crippen LogP contribution in [-0.2, 0) is 23.9 Å². The number of allylic oxidation sites excluding steroid dienone is 1. The maximum Gasteiger partial charge on any atom is 0.309 e. The van der Waals surface area contributed by atoms with E-state index < -0.39 is 22.8 Å². The van der Waals surface area contributed by atoms with E-state index in [-0.39, 0.29) is 63.8 Å². The molecule has 0 spiro atoms. The van der Waals surface area contributed by atoms with Crippen molar-refractivity contribution in [2.75, 3.05) is 13.1 Å². The summed E-state index contributed by atoms with van der Waals surface area (Å²) in [6, 6.07) is 0.167. The molecule has 8 heteroatoms. The van der Waals surface area contributed by atoms with E-state index in [9.17, 15) is 24.3 Å². The van der Waals surface area contributed by atoms with Crippen LogP contribution in [0.3, 0.4) is 0 Å². The first-order chi connectivity index (χ1) is 22.7. The zero-order valence-electron chi connectivity index (χ0n) is 31.9. The van der Waals surface area contributed by atoms with Crippen molar-refractivity contribution in [2.24, 2.45) is 56.2 Å². The molecular formula is C41H64N2O6. The molecule has 1 heterocycles. The number of rotatable bonds is 7. The largest absolute Gasteiger partial charge is 0.481 e. The van der Waals surface area contributed by atoms with Gasteiger partial charge >= 0.3 is 11.9 Å². The fourth-order valence-corrected chi connectivity index (χ4v) is 13.0. The van der Waals surface area contributed by atoms with Gasteiger partial charge in [0.15, 0.2) is 5.78 Å². The van der Waals surface area contributed by atoms with Gasteiger partial charge in [-0.05, 0) is 142 Å². The van der Waals surface area contributed by atoms with E-state index in [0.29, 0.717) is 18.3 Å². The lowest BCUT2D eigenvalue weighted by atomic mass is 9.33. The van der Waals surface area contributed by atoms with Gasteiger partial charge in [0.05, 0.1) is 17.3 Å². The number of amides is 1. The smallest absolute Gasteiger partial charge is 0.309 e. The summed E-state index contributed by atoms with van der Waals surface area (Å²) < 4.78 is 6.15. The van der Waals surface area contributed by atoms with Gasteiger partial charge in [0, 0.05) is 17.9 Å². The SMILES string of the molecule is CC(C)C1=C2[C@H]3CC[C@@H]4[C@@]5(C)CC[C@H](OC(=O)CC(C)(C)C(=O)O)C(C)(C)[C@@H]5CC[C@@]4(C)[C@]3(C)CC[C@@]2(C(=O)NC2CCNCC2)CC1=O. The molecule has 6 rings (SSSR count). The Balaban J connectivity index is 1.29. The molecule has 8 atom stereocenters. The summed E-state index contributed by atoms with van der Waals surface area (Å²) in [6.07, 6.45) is 9.48. The number of aliphatic carboxylic acids is 1. The fraction of sp³-hybridized carbons (Fsp3) is 0.854. The standard InChI is InChI=1S/C41H64N2O6/c1-24(2)32-27(44)22-41(34(46)43-25-14-20-42-21-15-25)19-18-39(8)26(33(32)41)10-11-29-38(7)16-13-30(49-31(45)23-36(3,4)35(47)48)37(5,6)28(38)12-17-40(29,39)9/h24-26,28-30,42H,10-23H2,1-9H3,(H,43,46)(H,47,48)/t26-,28+,29-,30+,38+,39-,40-,41-/m1/s1. The predicted molar refractivity (Wildman–Crippen MR) is 189 cm³/mol. The van der Waals surface area contributed by atoms with Crippen LogP contribution in [0.5, 0.6) is 0 Å². The summed E-state index contributed by atoms with van der Waals surface area (Å²) in [5, 5.41) is 16.5. The van der Waals surface area contributed by atoms with E-state index in [1.165, 1.54) is 5.57 Å². The Bertz CT molecular complexity index is 1420. The summed E-state index contributed by atoms with van der Waals surface area (Å²) in [4.78, 5) is 53.2. The van der Waals surface area contributed by atoms with Crippen LogP contribution in [0.1, 0.15) is 139 Å². The van der Waals surface area contributed by atoms with Gasteiger partial charge in [-0.3, -0.25) is 19.2 Å². The van der Waals surface area contributed by atoms with Gasteiger partial charge in [-0.25, -0.2) is 0 Å². The summed E-state index contributed by atoms with van der Waals surface area (Å²) in [5.41, 5.74) is 0.126. The number of carboxylic acid groups (broad SMARTS) is 1. The molecule has 0 aromatic rings. The van der Waals surface area contributed by atoms with Crippen LogP contribution < -0.4 is 10.6 Å². The van der Waals surface area contributed by atoms with Crippen molar-refractivity contribution in [3.8, 4) is 0 Å². The van der Waals surface area contributed by atoms with Crippen LogP contribution >= 0.6 is 0 Å².